The molecule has 0 radical (unpaired) electrons. The number of aryl methyl sites for hydroxylation is 1. The molecule has 1 heterocycles. The Morgan fingerprint density at radius 1 is 1.15 bits per heavy atom. The van der Waals surface area contributed by atoms with E-state index < -0.39 is 5.54 Å². The fraction of sp³-hybridized carbons (Fsp3) is 0.300. The number of imide groups is 1. The number of hydrogen-bond donors (Lipinski definition) is 1. The molecule has 1 unspecified atom stereocenters. The molecular weight excluding hydrogens is 352 g/mol. The first-order valence-corrected chi connectivity index (χ1v) is 8.82. The summed E-state index contributed by atoms with van der Waals surface area (Å²) in [5, 5.41) is 3.51. The second-order valence-electron chi connectivity index (χ2n) is 6.39. The van der Waals surface area contributed by atoms with E-state index in [0.29, 0.717) is 11.4 Å². The maximum Gasteiger partial charge on any atom is 0.325 e. The molecule has 1 aliphatic heterocycles. The van der Waals surface area contributed by atoms with E-state index in [0.717, 1.165) is 22.4 Å². The van der Waals surface area contributed by atoms with E-state index >= 15 is 0 Å². The number of urea groups is 1. The Hall–Kier alpha value is -2.53. The molecule has 2 aromatic rings. The molecule has 1 fully saturated rings. The van der Waals surface area contributed by atoms with Crippen molar-refractivity contribution in [3.8, 4) is 5.75 Å². The van der Waals surface area contributed by atoms with E-state index in [-0.39, 0.29) is 18.5 Å². The maximum atomic E-state index is 13.2. The molecule has 1 saturated heterocycles. The van der Waals surface area contributed by atoms with Crippen LogP contribution in [0.2, 0.25) is 5.02 Å². The number of hydrogen-bond acceptors (Lipinski definition) is 3. The van der Waals surface area contributed by atoms with Gasteiger partial charge in [0, 0.05) is 5.02 Å². The minimum atomic E-state index is -1.06. The predicted octanol–water partition coefficient (Wildman–Crippen LogP) is 4.01. The van der Waals surface area contributed by atoms with Gasteiger partial charge in [-0.1, -0.05) is 36.7 Å². The van der Waals surface area contributed by atoms with Crippen LogP contribution in [-0.4, -0.2) is 23.9 Å². The first-order valence-electron chi connectivity index (χ1n) is 8.45. The van der Waals surface area contributed by atoms with Crippen LogP contribution in [0, 0.1) is 6.92 Å². The summed E-state index contributed by atoms with van der Waals surface area (Å²) in [6.45, 7) is 4.01. The molecule has 1 atom stereocenters. The lowest BCUT2D eigenvalue weighted by Crippen LogP contribution is -2.43. The number of nitrogens with zero attached hydrogens (tertiary/aromatic N) is 1. The SMILES string of the molecule is CCC1(c2ccc(OC)c(C)c2)NC(=O)N(Cc2ccc(Cl)cc2)C1=O. The van der Waals surface area contributed by atoms with Gasteiger partial charge in [0.1, 0.15) is 11.3 Å². The zero-order chi connectivity index (χ0) is 18.9. The van der Waals surface area contributed by atoms with Crippen molar-refractivity contribution in [1.29, 1.82) is 0 Å². The Bertz CT molecular complexity index is 851. The zero-order valence-electron chi connectivity index (χ0n) is 15.0. The average Bonchev–Trinajstić information content (AvgIpc) is 2.88. The highest BCUT2D eigenvalue weighted by Gasteiger charge is 2.51. The number of halogens is 1. The van der Waals surface area contributed by atoms with E-state index in [9.17, 15) is 9.59 Å². The Morgan fingerprint density at radius 2 is 1.85 bits per heavy atom. The number of ether oxygens (including phenoxy) is 1. The van der Waals surface area contributed by atoms with Gasteiger partial charge in [-0.3, -0.25) is 9.69 Å². The highest BCUT2D eigenvalue weighted by molar-refractivity contribution is 6.30. The van der Waals surface area contributed by atoms with Gasteiger partial charge in [-0.25, -0.2) is 4.79 Å². The molecule has 2 aromatic carbocycles. The third-order valence-electron chi connectivity index (χ3n) is 4.85. The van der Waals surface area contributed by atoms with Crippen molar-refractivity contribution < 1.29 is 14.3 Å². The summed E-state index contributed by atoms with van der Waals surface area (Å²) in [4.78, 5) is 27.0. The summed E-state index contributed by atoms with van der Waals surface area (Å²) in [6.07, 6.45) is 0.459. The summed E-state index contributed by atoms with van der Waals surface area (Å²) < 4.78 is 5.29. The van der Waals surface area contributed by atoms with Crippen LogP contribution in [0.4, 0.5) is 4.79 Å². The van der Waals surface area contributed by atoms with Gasteiger partial charge in [0.25, 0.3) is 5.91 Å². The molecule has 26 heavy (non-hydrogen) atoms. The highest BCUT2D eigenvalue weighted by atomic mass is 35.5. The Morgan fingerprint density at radius 3 is 2.42 bits per heavy atom. The van der Waals surface area contributed by atoms with E-state index in [1.54, 1.807) is 19.2 Å². The molecule has 0 aliphatic carbocycles. The molecule has 0 aromatic heterocycles. The number of amides is 3. The standard InChI is InChI=1S/C20H21ClN2O3/c1-4-20(15-7-10-17(26-3)13(2)11-15)18(24)23(19(25)22-20)12-14-5-8-16(21)9-6-14/h5-11H,4,12H2,1-3H3,(H,22,25). The maximum absolute atomic E-state index is 13.2. The predicted molar refractivity (Wildman–Crippen MR) is 100 cm³/mol. The molecule has 0 saturated carbocycles. The first-order chi connectivity index (χ1) is 12.4. The van der Waals surface area contributed by atoms with Crippen molar-refractivity contribution in [2.24, 2.45) is 0 Å². The number of carbonyl (C=O) groups excluding carboxylic acids is 2. The van der Waals surface area contributed by atoms with Crippen LogP contribution in [-0.2, 0) is 16.9 Å². The lowest BCUT2D eigenvalue weighted by atomic mass is 9.86. The third-order valence-corrected chi connectivity index (χ3v) is 5.10. The second-order valence-corrected chi connectivity index (χ2v) is 6.83. The summed E-state index contributed by atoms with van der Waals surface area (Å²) in [7, 11) is 1.61. The van der Waals surface area contributed by atoms with E-state index in [1.807, 2.05) is 44.2 Å². The first kappa shape index (κ1) is 18.3. The molecule has 0 bridgehead atoms. The minimum absolute atomic E-state index is 0.207. The molecule has 6 heteroatoms. The molecule has 136 valence electrons. The smallest absolute Gasteiger partial charge is 0.325 e. The summed E-state index contributed by atoms with van der Waals surface area (Å²) in [5.41, 5.74) is 1.46. The van der Waals surface area contributed by atoms with Gasteiger partial charge in [-0.2, -0.15) is 0 Å². The van der Waals surface area contributed by atoms with Crippen molar-refractivity contribution >= 4 is 23.5 Å². The molecule has 1 N–H and O–H groups in total. The van der Waals surface area contributed by atoms with Gasteiger partial charge >= 0.3 is 6.03 Å². The normalized spacial score (nSPS) is 19.6. The molecular formula is C20H21ClN2O3. The van der Waals surface area contributed by atoms with Crippen molar-refractivity contribution in [3.63, 3.8) is 0 Å². The Kier molecular flexibility index (Phi) is 4.92. The van der Waals surface area contributed by atoms with Gasteiger partial charge in [0.05, 0.1) is 13.7 Å². The Balaban J connectivity index is 1.94. The summed E-state index contributed by atoms with van der Waals surface area (Å²) in [6, 6.07) is 12.3. The van der Waals surface area contributed by atoms with Crippen molar-refractivity contribution in [2.75, 3.05) is 7.11 Å². The molecule has 5 nitrogen and oxygen atoms in total. The second kappa shape index (κ2) is 7.00. The van der Waals surface area contributed by atoms with E-state index in [1.165, 1.54) is 4.90 Å². The van der Waals surface area contributed by atoms with Crippen LogP contribution >= 0.6 is 11.6 Å². The minimum Gasteiger partial charge on any atom is -0.496 e. The van der Waals surface area contributed by atoms with Crippen molar-refractivity contribution in [2.45, 2.75) is 32.4 Å². The van der Waals surface area contributed by atoms with Gasteiger partial charge in [-0.05, 0) is 54.3 Å². The van der Waals surface area contributed by atoms with Crippen LogP contribution < -0.4 is 10.1 Å². The fourth-order valence-electron chi connectivity index (χ4n) is 3.33. The quantitative estimate of drug-likeness (QED) is 0.806. The fourth-order valence-corrected chi connectivity index (χ4v) is 3.45. The van der Waals surface area contributed by atoms with Crippen LogP contribution in [0.25, 0.3) is 0 Å². The number of benzene rings is 2. The van der Waals surface area contributed by atoms with Gasteiger partial charge in [0.2, 0.25) is 0 Å². The van der Waals surface area contributed by atoms with Crippen LogP contribution in [0.3, 0.4) is 0 Å². The summed E-state index contributed by atoms with van der Waals surface area (Å²) in [5.74, 6) is 0.499. The molecule has 3 rings (SSSR count). The van der Waals surface area contributed by atoms with Crippen LogP contribution in [0.5, 0.6) is 5.75 Å². The van der Waals surface area contributed by atoms with E-state index in [2.05, 4.69) is 5.32 Å². The molecule has 0 spiro atoms. The lowest BCUT2D eigenvalue weighted by molar-refractivity contribution is -0.132. The average molecular weight is 373 g/mol. The van der Waals surface area contributed by atoms with Gasteiger partial charge < -0.3 is 10.1 Å². The van der Waals surface area contributed by atoms with Crippen LogP contribution in [0.15, 0.2) is 42.5 Å². The summed E-state index contributed by atoms with van der Waals surface area (Å²) >= 11 is 5.90. The number of rotatable bonds is 5. The molecule has 1 aliphatic rings. The van der Waals surface area contributed by atoms with Gasteiger partial charge in [0.15, 0.2) is 0 Å². The van der Waals surface area contributed by atoms with Gasteiger partial charge in [-0.15, -0.1) is 0 Å². The third kappa shape index (κ3) is 3.03. The van der Waals surface area contributed by atoms with E-state index in [4.69, 9.17) is 16.3 Å². The number of nitrogens with one attached hydrogen (secondary N) is 1. The largest absolute Gasteiger partial charge is 0.496 e. The monoisotopic (exact) mass is 372 g/mol. The topological polar surface area (TPSA) is 58.6 Å². The Labute approximate surface area is 157 Å². The molecule has 3 amide bonds. The van der Waals surface area contributed by atoms with Crippen LogP contribution in [0.1, 0.15) is 30.0 Å². The lowest BCUT2D eigenvalue weighted by Gasteiger charge is -2.26. The van der Waals surface area contributed by atoms with Crippen molar-refractivity contribution in [1.82, 2.24) is 10.2 Å². The van der Waals surface area contributed by atoms with Crippen molar-refractivity contribution in [3.05, 3.63) is 64.2 Å². The zero-order valence-corrected chi connectivity index (χ0v) is 15.8. The highest BCUT2D eigenvalue weighted by Crippen LogP contribution is 2.35. The number of carbonyl (C=O) groups is 2. The number of methoxy groups -OCH3 is 1.